The Morgan fingerprint density at radius 3 is 1.48 bits per heavy atom. The van der Waals surface area contributed by atoms with Crippen LogP contribution in [-0.2, 0) is 4.79 Å². The van der Waals surface area contributed by atoms with Crippen LogP contribution in [0.4, 0.5) is 0 Å². The van der Waals surface area contributed by atoms with Crippen molar-refractivity contribution in [2.24, 2.45) is 0 Å². The van der Waals surface area contributed by atoms with Crippen molar-refractivity contribution in [2.75, 3.05) is 0 Å². The predicted molar refractivity (Wildman–Crippen MR) is 118 cm³/mol. The minimum absolute atomic E-state index is 0.0116. The Morgan fingerprint density at radius 2 is 1.20 bits per heavy atom. The molecule has 136 valence electrons. The Morgan fingerprint density at radius 1 is 0.800 bits per heavy atom. The average molecular weight is 576 g/mol. The molecule has 2 aromatic rings. The van der Waals surface area contributed by atoms with E-state index in [1.807, 2.05) is 30.3 Å². The lowest BCUT2D eigenvalue weighted by atomic mass is 10.1. The number of halogens is 5. The van der Waals surface area contributed by atoms with Gasteiger partial charge in [-0.1, -0.05) is 73.3 Å². The van der Waals surface area contributed by atoms with E-state index in [1.165, 1.54) is 0 Å². The Balaban J connectivity index is 0.000000378. The second kappa shape index (κ2) is 13.9. The van der Waals surface area contributed by atoms with E-state index >= 15 is 0 Å². The van der Waals surface area contributed by atoms with Crippen LogP contribution in [0, 0.1) is 0 Å². The first-order valence-electron chi connectivity index (χ1n) is 7.13. The molecular weight excluding hydrogens is 559 g/mol. The van der Waals surface area contributed by atoms with Crippen molar-refractivity contribution >= 4 is 81.5 Å². The summed E-state index contributed by atoms with van der Waals surface area (Å²) < 4.78 is -0.0116. The number of rotatable bonds is 3. The van der Waals surface area contributed by atoms with Gasteiger partial charge in [-0.05, 0) is 66.2 Å². The lowest BCUT2D eigenvalue weighted by Crippen LogP contribution is -2.09. The summed E-state index contributed by atoms with van der Waals surface area (Å²) in [6.07, 6.45) is 0. The first-order valence-corrected chi connectivity index (χ1v) is 10.5. The molecule has 2 aromatic carbocycles. The van der Waals surface area contributed by atoms with Crippen LogP contribution in [0.15, 0.2) is 54.6 Å². The van der Waals surface area contributed by atoms with Crippen LogP contribution in [0.1, 0.15) is 24.2 Å². The highest BCUT2D eigenvalue weighted by molar-refractivity contribution is 9.20. The summed E-state index contributed by atoms with van der Waals surface area (Å²) in [5.41, 5.74) is 0.684. The van der Waals surface area contributed by atoms with E-state index < -0.39 is 0 Å². The molecule has 0 aliphatic rings. The van der Waals surface area contributed by atoms with Crippen LogP contribution in [-0.4, -0.2) is 20.1 Å². The van der Waals surface area contributed by atoms with Crippen molar-refractivity contribution in [3.05, 3.63) is 70.2 Å². The molecule has 0 bridgehead atoms. The first-order chi connectivity index (χ1) is 11.6. The highest BCUT2D eigenvalue weighted by atomic mass is 79.9. The molecule has 7 heteroatoms. The number of Topliss-reactive ketones (excluding diaryl/α,β-unsaturated/α-hetero) is 1. The summed E-state index contributed by atoms with van der Waals surface area (Å²) in [6, 6.07) is 16.3. The highest BCUT2D eigenvalue weighted by Gasteiger charge is 2.10. The zero-order valence-electron chi connectivity index (χ0n) is 13.6. The minimum Gasteiger partial charge on any atom is -0.293 e. The third-order valence-electron chi connectivity index (χ3n) is 2.54. The Hall–Kier alpha value is -0.200. The Kier molecular flexibility index (Phi) is 13.8. The van der Waals surface area contributed by atoms with Crippen LogP contribution in [0.3, 0.4) is 0 Å². The zero-order valence-corrected chi connectivity index (χ0v) is 19.8. The molecule has 0 fully saturated rings. The lowest BCUT2D eigenvalue weighted by molar-refractivity contribution is -0.109. The van der Waals surface area contributed by atoms with Crippen LogP contribution < -0.4 is 0 Å². The van der Waals surface area contributed by atoms with Crippen LogP contribution in [0.5, 0.6) is 0 Å². The number of carbonyl (C=O) groups excluding carboxylic acids is 2. The largest absolute Gasteiger partial charge is 0.293 e. The molecule has 2 unspecified atom stereocenters. The van der Waals surface area contributed by atoms with Gasteiger partial charge in [0.2, 0.25) is 4.69 Å². The molecule has 0 aliphatic carbocycles. The van der Waals surface area contributed by atoms with E-state index in [9.17, 15) is 9.59 Å². The van der Waals surface area contributed by atoms with Crippen molar-refractivity contribution in [1.82, 2.24) is 0 Å². The van der Waals surface area contributed by atoms with Crippen molar-refractivity contribution in [2.45, 2.75) is 23.5 Å². The molecule has 2 rings (SSSR count). The van der Waals surface area contributed by atoms with E-state index in [2.05, 4.69) is 47.8 Å². The topological polar surface area (TPSA) is 34.1 Å². The van der Waals surface area contributed by atoms with Gasteiger partial charge in [0.1, 0.15) is 0 Å². The molecule has 0 radical (unpaired) electrons. The van der Waals surface area contributed by atoms with Gasteiger partial charge in [-0.2, -0.15) is 0 Å². The average Bonchev–Trinajstić information content (AvgIpc) is 2.56. The SMILES string of the molecule is CC(Br)C(=O)Br.CC(Br)C(=O)c1ccc(Cl)cc1.Clc1ccccc1. The van der Waals surface area contributed by atoms with Crippen molar-refractivity contribution < 1.29 is 9.59 Å². The van der Waals surface area contributed by atoms with E-state index in [1.54, 1.807) is 38.1 Å². The third kappa shape index (κ3) is 12.7. The van der Waals surface area contributed by atoms with Gasteiger partial charge in [0.25, 0.3) is 0 Å². The summed E-state index contributed by atoms with van der Waals surface area (Å²) in [5, 5.41) is 1.44. The molecule has 0 spiro atoms. The van der Waals surface area contributed by atoms with Gasteiger partial charge in [-0.25, -0.2) is 0 Å². The summed E-state index contributed by atoms with van der Waals surface area (Å²) in [7, 11) is 0. The maximum Gasteiger partial charge on any atom is 0.211 e. The molecule has 25 heavy (non-hydrogen) atoms. The van der Waals surface area contributed by atoms with Crippen LogP contribution >= 0.6 is 71.0 Å². The number of ketones is 1. The normalized spacial score (nSPS) is 11.8. The van der Waals surface area contributed by atoms with Gasteiger partial charge >= 0.3 is 0 Å². The summed E-state index contributed by atoms with van der Waals surface area (Å²) in [5.74, 6) is 0.0756. The van der Waals surface area contributed by atoms with Gasteiger partial charge in [-0.15, -0.1) is 0 Å². The molecule has 0 aromatic heterocycles. The van der Waals surface area contributed by atoms with Crippen LogP contribution in [0.25, 0.3) is 0 Å². The van der Waals surface area contributed by atoms with Gasteiger partial charge in [-0.3, -0.25) is 9.59 Å². The highest BCUT2D eigenvalue weighted by Crippen LogP contribution is 2.13. The lowest BCUT2D eigenvalue weighted by Gasteiger charge is -2.01. The monoisotopic (exact) mass is 572 g/mol. The van der Waals surface area contributed by atoms with E-state index in [0.717, 1.165) is 5.02 Å². The second-order valence-corrected chi connectivity index (χ2v) is 9.10. The predicted octanol–water partition coefficient (Wildman–Crippen LogP) is 7.34. The Bertz CT molecular complexity index is 645. The Labute approximate surface area is 183 Å². The molecule has 0 aliphatic heterocycles. The molecule has 0 N–H and O–H groups in total. The molecule has 0 amide bonds. The minimum atomic E-state index is -0.140. The fourth-order valence-corrected chi connectivity index (χ4v) is 1.79. The van der Waals surface area contributed by atoms with E-state index in [0.29, 0.717) is 10.6 Å². The fraction of sp³-hybridized carbons (Fsp3) is 0.222. The van der Waals surface area contributed by atoms with Crippen molar-refractivity contribution in [3.63, 3.8) is 0 Å². The van der Waals surface area contributed by atoms with Gasteiger partial charge in [0, 0.05) is 15.6 Å². The maximum absolute atomic E-state index is 11.4. The smallest absolute Gasteiger partial charge is 0.211 e. The second-order valence-electron chi connectivity index (χ2n) is 4.70. The third-order valence-corrected chi connectivity index (χ3v) is 5.17. The quantitative estimate of drug-likeness (QED) is 0.218. The van der Waals surface area contributed by atoms with Crippen molar-refractivity contribution in [1.29, 1.82) is 0 Å². The van der Waals surface area contributed by atoms with Crippen molar-refractivity contribution in [3.8, 4) is 0 Å². The summed E-state index contributed by atoms with van der Waals surface area (Å²) in [4.78, 5) is 21.2. The number of alkyl halides is 2. The van der Waals surface area contributed by atoms with Gasteiger partial charge in [0.15, 0.2) is 5.78 Å². The van der Waals surface area contributed by atoms with E-state index in [4.69, 9.17) is 23.2 Å². The van der Waals surface area contributed by atoms with Gasteiger partial charge in [0.05, 0.1) is 9.65 Å². The maximum atomic E-state index is 11.4. The first kappa shape index (κ1) is 24.8. The zero-order chi connectivity index (χ0) is 19.4. The molecule has 0 heterocycles. The molecule has 0 saturated heterocycles. The number of carbonyl (C=O) groups is 2. The van der Waals surface area contributed by atoms with Gasteiger partial charge < -0.3 is 0 Å². The fourth-order valence-electron chi connectivity index (χ4n) is 1.26. The number of hydrogen-bond donors (Lipinski definition) is 0. The standard InChI is InChI=1S/C9H8BrClO.C6H5Cl.C3H4Br2O/c1-6(10)9(12)7-2-4-8(11)5-3-7;7-6-4-2-1-3-5-6;1-2(4)3(5)6/h2-6H,1H3;1-5H;2H,1H3. The molecule has 2 nitrogen and oxygen atoms in total. The molecule has 0 saturated carbocycles. The molecular formula is C18H17Br3Cl2O2. The number of hydrogen-bond acceptors (Lipinski definition) is 2. The van der Waals surface area contributed by atoms with E-state index in [-0.39, 0.29) is 20.1 Å². The molecule has 2 atom stereocenters. The summed E-state index contributed by atoms with van der Waals surface area (Å²) >= 11 is 20.2. The van der Waals surface area contributed by atoms with Crippen LogP contribution in [0.2, 0.25) is 10.0 Å². The number of benzene rings is 2. The summed E-state index contributed by atoms with van der Waals surface area (Å²) in [6.45, 7) is 3.56.